The molecule has 1 aromatic carbocycles. The first kappa shape index (κ1) is 16.5. The maximum absolute atomic E-state index is 12.4. The highest BCUT2D eigenvalue weighted by molar-refractivity contribution is 9.10. The fraction of sp³-hybridized carbons (Fsp3) is 0.562. The molecule has 1 N–H and O–H groups in total. The Balaban J connectivity index is 1.92. The Bertz CT molecular complexity index is 475. The summed E-state index contributed by atoms with van der Waals surface area (Å²) in [7, 11) is 0. The van der Waals surface area contributed by atoms with Crippen LogP contribution < -0.4 is 5.32 Å². The van der Waals surface area contributed by atoms with Gasteiger partial charge in [0.25, 0.3) is 0 Å². The van der Waals surface area contributed by atoms with Gasteiger partial charge in [0.05, 0.1) is 12.1 Å². The maximum atomic E-state index is 12.4. The zero-order valence-corrected chi connectivity index (χ0v) is 14.2. The predicted octanol–water partition coefficient (Wildman–Crippen LogP) is 3.28. The largest absolute Gasteiger partial charge is 0.377 e. The zero-order chi connectivity index (χ0) is 15.2. The van der Waals surface area contributed by atoms with Gasteiger partial charge in [-0.2, -0.15) is 0 Å². The number of halogens is 1. The highest BCUT2D eigenvalue weighted by Gasteiger charge is 2.25. The molecule has 1 aliphatic heterocycles. The van der Waals surface area contributed by atoms with E-state index in [0.717, 1.165) is 42.7 Å². The van der Waals surface area contributed by atoms with Crippen LogP contribution in [0.4, 0.5) is 5.69 Å². The number of amides is 1. The maximum Gasteiger partial charge on any atom is 0.241 e. The van der Waals surface area contributed by atoms with Gasteiger partial charge in [0.2, 0.25) is 5.91 Å². The lowest BCUT2D eigenvalue weighted by Gasteiger charge is -2.29. The fourth-order valence-electron chi connectivity index (χ4n) is 2.59. The molecule has 1 aromatic rings. The third-order valence-electron chi connectivity index (χ3n) is 3.89. The summed E-state index contributed by atoms with van der Waals surface area (Å²) in [5.74, 6) is 0.0212. The van der Waals surface area contributed by atoms with E-state index in [2.05, 4.69) is 33.1 Å². The Morgan fingerprint density at radius 2 is 2.38 bits per heavy atom. The molecule has 1 aliphatic rings. The molecule has 2 atom stereocenters. The third kappa shape index (κ3) is 4.80. The minimum absolute atomic E-state index is 0.0212. The van der Waals surface area contributed by atoms with Gasteiger partial charge in [-0.05, 0) is 44.5 Å². The number of nitrogens with one attached hydrogen (secondary N) is 1. The second-order valence-electron chi connectivity index (χ2n) is 5.40. The van der Waals surface area contributed by atoms with Gasteiger partial charge in [0.1, 0.15) is 0 Å². The fourth-order valence-corrected chi connectivity index (χ4v) is 2.99. The normalized spacial score (nSPS) is 19.7. The van der Waals surface area contributed by atoms with Crippen LogP contribution in [-0.2, 0) is 9.53 Å². The van der Waals surface area contributed by atoms with Crippen LogP contribution in [0.1, 0.15) is 26.7 Å². The van der Waals surface area contributed by atoms with Gasteiger partial charge in [0, 0.05) is 23.3 Å². The van der Waals surface area contributed by atoms with Crippen LogP contribution >= 0.6 is 15.9 Å². The first-order valence-electron chi connectivity index (χ1n) is 7.52. The summed E-state index contributed by atoms with van der Waals surface area (Å²) in [6.07, 6.45) is 2.49. The highest BCUT2D eigenvalue weighted by Crippen LogP contribution is 2.18. The number of benzene rings is 1. The average Bonchev–Trinajstić information content (AvgIpc) is 2.97. The number of likely N-dealkylation sites (N-methyl/N-ethyl adjacent to an activating group) is 1. The summed E-state index contributed by atoms with van der Waals surface area (Å²) in [4.78, 5) is 14.6. The number of rotatable bonds is 6. The van der Waals surface area contributed by atoms with Crippen LogP contribution in [0.2, 0.25) is 0 Å². The van der Waals surface area contributed by atoms with Gasteiger partial charge < -0.3 is 10.1 Å². The molecular formula is C16H23BrN2O2. The van der Waals surface area contributed by atoms with Crippen molar-refractivity contribution in [2.75, 3.05) is 25.0 Å². The molecule has 0 radical (unpaired) electrons. The lowest BCUT2D eigenvalue weighted by Crippen LogP contribution is -2.45. The molecule has 0 aliphatic carbocycles. The number of anilines is 1. The molecule has 0 spiro atoms. The summed E-state index contributed by atoms with van der Waals surface area (Å²) in [6, 6.07) is 7.48. The summed E-state index contributed by atoms with van der Waals surface area (Å²) in [5, 5.41) is 2.97. The van der Waals surface area contributed by atoms with Crippen LogP contribution in [0.5, 0.6) is 0 Å². The van der Waals surface area contributed by atoms with E-state index >= 15 is 0 Å². The van der Waals surface area contributed by atoms with Crippen LogP contribution in [0.25, 0.3) is 0 Å². The Labute approximate surface area is 135 Å². The van der Waals surface area contributed by atoms with Crippen LogP contribution in [0.3, 0.4) is 0 Å². The summed E-state index contributed by atoms with van der Waals surface area (Å²) >= 11 is 3.41. The number of hydrogen-bond acceptors (Lipinski definition) is 3. The van der Waals surface area contributed by atoms with Gasteiger partial charge in [0.15, 0.2) is 0 Å². The predicted molar refractivity (Wildman–Crippen MR) is 88.5 cm³/mol. The van der Waals surface area contributed by atoms with Crippen molar-refractivity contribution in [2.45, 2.75) is 38.8 Å². The molecule has 0 saturated carbocycles. The average molecular weight is 355 g/mol. The first-order chi connectivity index (χ1) is 10.1. The topological polar surface area (TPSA) is 41.6 Å². The third-order valence-corrected chi connectivity index (χ3v) is 4.38. The molecule has 2 rings (SSSR count). The SMILES string of the molecule is CCN(CC1CCCO1)C(C)C(=O)Nc1cccc(Br)c1. The Morgan fingerprint density at radius 3 is 3.00 bits per heavy atom. The summed E-state index contributed by atoms with van der Waals surface area (Å²) in [5.41, 5.74) is 0.814. The number of ether oxygens (including phenoxy) is 1. The van der Waals surface area contributed by atoms with Crippen molar-refractivity contribution in [3.63, 3.8) is 0 Å². The van der Waals surface area contributed by atoms with Crippen molar-refractivity contribution in [3.8, 4) is 0 Å². The molecule has 1 fully saturated rings. The number of carbonyl (C=O) groups is 1. The summed E-state index contributed by atoms with van der Waals surface area (Å²) in [6.45, 7) is 6.54. The van der Waals surface area contributed by atoms with Crippen molar-refractivity contribution < 1.29 is 9.53 Å². The number of hydrogen-bond donors (Lipinski definition) is 1. The standard InChI is InChI=1S/C16H23BrN2O2/c1-3-19(11-15-8-5-9-21-15)12(2)16(20)18-14-7-4-6-13(17)10-14/h4,6-7,10,12,15H,3,5,8-9,11H2,1-2H3,(H,18,20). The number of carbonyl (C=O) groups excluding carboxylic acids is 1. The van der Waals surface area contributed by atoms with Crippen LogP contribution in [-0.4, -0.2) is 42.6 Å². The van der Waals surface area contributed by atoms with E-state index in [1.165, 1.54) is 0 Å². The lowest BCUT2D eigenvalue weighted by molar-refractivity contribution is -0.121. The minimum Gasteiger partial charge on any atom is -0.377 e. The molecular weight excluding hydrogens is 332 g/mol. The Hall–Kier alpha value is -0.910. The van der Waals surface area contributed by atoms with Crippen molar-refractivity contribution in [1.29, 1.82) is 0 Å². The van der Waals surface area contributed by atoms with Gasteiger partial charge in [-0.3, -0.25) is 9.69 Å². The lowest BCUT2D eigenvalue weighted by atomic mass is 10.2. The van der Waals surface area contributed by atoms with E-state index in [1.807, 2.05) is 31.2 Å². The van der Waals surface area contributed by atoms with Crippen LogP contribution in [0, 0.1) is 0 Å². The van der Waals surface area contributed by atoms with Crippen molar-refractivity contribution in [1.82, 2.24) is 4.90 Å². The van der Waals surface area contributed by atoms with Gasteiger partial charge in [-0.1, -0.05) is 28.9 Å². The zero-order valence-electron chi connectivity index (χ0n) is 12.6. The highest BCUT2D eigenvalue weighted by atomic mass is 79.9. The monoisotopic (exact) mass is 354 g/mol. The molecule has 21 heavy (non-hydrogen) atoms. The minimum atomic E-state index is -0.168. The van der Waals surface area contributed by atoms with E-state index in [9.17, 15) is 4.79 Å². The van der Waals surface area contributed by atoms with Crippen LogP contribution in [0.15, 0.2) is 28.7 Å². The van der Waals surface area contributed by atoms with Gasteiger partial charge in [-0.15, -0.1) is 0 Å². The Kier molecular flexibility index (Phi) is 6.21. The quantitative estimate of drug-likeness (QED) is 0.852. The van der Waals surface area contributed by atoms with E-state index in [-0.39, 0.29) is 18.1 Å². The number of nitrogens with zero attached hydrogens (tertiary/aromatic N) is 1. The smallest absolute Gasteiger partial charge is 0.241 e. The molecule has 116 valence electrons. The van der Waals surface area contributed by atoms with Crippen molar-refractivity contribution >= 4 is 27.5 Å². The van der Waals surface area contributed by atoms with Crippen molar-refractivity contribution in [2.24, 2.45) is 0 Å². The van der Waals surface area contributed by atoms with E-state index in [1.54, 1.807) is 0 Å². The van der Waals surface area contributed by atoms with E-state index in [0.29, 0.717) is 0 Å². The second kappa shape index (κ2) is 7.92. The van der Waals surface area contributed by atoms with Gasteiger partial charge in [-0.25, -0.2) is 0 Å². The molecule has 5 heteroatoms. The molecule has 1 saturated heterocycles. The van der Waals surface area contributed by atoms with E-state index in [4.69, 9.17) is 4.74 Å². The molecule has 1 heterocycles. The molecule has 0 bridgehead atoms. The molecule has 0 aromatic heterocycles. The Morgan fingerprint density at radius 1 is 1.57 bits per heavy atom. The molecule has 2 unspecified atom stereocenters. The van der Waals surface area contributed by atoms with Crippen molar-refractivity contribution in [3.05, 3.63) is 28.7 Å². The molecule has 1 amide bonds. The summed E-state index contributed by atoms with van der Waals surface area (Å²) < 4.78 is 6.63. The van der Waals surface area contributed by atoms with E-state index < -0.39 is 0 Å². The second-order valence-corrected chi connectivity index (χ2v) is 6.31. The van der Waals surface area contributed by atoms with Gasteiger partial charge >= 0.3 is 0 Å². The molecule has 4 nitrogen and oxygen atoms in total. The first-order valence-corrected chi connectivity index (χ1v) is 8.31.